The van der Waals surface area contributed by atoms with E-state index in [1.54, 1.807) is 6.92 Å². The van der Waals surface area contributed by atoms with Crippen LogP contribution < -0.4 is 10.9 Å². The lowest BCUT2D eigenvalue weighted by atomic mass is 10.1. The molecule has 1 aromatic heterocycles. The average molecular weight is 316 g/mol. The van der Waals surface area contributed by atoms with Gasteiger partial charge in [-0.3, -0.25) is 9.59 Å². The number of H-pyrrole nitrogens is 1. The first kappa shape index (κ1) is 17.2. The number of nitrogens with one attached hydrogen (secondary N) is 2. The predicted octanol–water partition coefficient (Wildman–Crippen LogP) is 1.26. The van der Waals surface area contributed by atoms with Crippen molar-refractivity contribution in [3.63, 3.8) is 0 Å². The second-order valence-corrected chi connectivity index (χ2v) is 6.68. The fourth-order valence-corrected chi connectivity index (χ4v) is 3.04. The molecule has 0 aromatic carbocycles. The van der Waals surface area contributed by atoms with Crippen LogP contribution in [-0.2, 0) is 0 Å². The SMILES string of the molecule is Cc1[nH]c(=O)c(C#N)cc1C(=O)NC[C@@H]1CCN(CC(C)C)C1. The van der Waals surface area contributed by atoms with Gasteiger partial charge in [0.2, 0.25) is 0 Å². The van der Waals surface area contributed by atoms with Gasteiger partial charge in [0.05, 0.1) is 5.56 Å². The molecule has 0 unspecified atom stereocenters. The molecule has 1 amide bonds. The summed E-state index contributed by atoms with van der Waals surface area (Å²) in [5.74, 6) is 0.866. The summed E-state index contributed by atoms with van der Waals surface area (Å²) in [6.45, 7) is 9.88. The minimum Gasteiger partial charge on any atom is -0.352 e. The predicted molar refractivity (Wildman–Crippen MR) is 88.2 cm³/mol. The van der Waals surface area contributed by atoms with E-state index in [4.69, 9.17) is 5.26 Å². The zero-order chi connectivity index (χ0) is 17.0. The normalized spacial score (nSPS) is 18.1. The Morgan fingerprint density at radius 1 is 1.57 bits per heavy atom. The number of carbonyl (C=O) groups excluding carboxylic acids is 1. The molecule has 2 heterocycles. The van der Waals surface area contributed by atoms with E-state index < -0.39 is 5.56 Å². The molecule has 1 fully saturated rings. The third-order valence-electron chi connectivity index (χ3n) is 4.15. The molecular weight excluding hydrogens is 292 g/mol. The van der Waals surface area contributed by atoms with Crippen LogP contribution in [0.1, 0.15) is 41.9 Å². The van der Waals surface area contributed by atoms with E-state index in [9.17, 15) is 9.59 Å². The molecule has 0 bridgehead atoms. The van der Waals surface area contributed by atoms with E-state index in [0.29, 0.717) is 29.6 Å². The third-order valence-corrected chi connectivity index (χ3v) is 4.15. The van der Waals surface area contributed by atoms with E-state index in [2.05, 4.69) is 29.0 Å². The minimum atomic E-state index is -0.457. The lowest BCUT2D eigenvalue weighted by molar-refractivity contribution is 0.0946. The highest BCUT2D eigenvalue weighted by Crippen LogP contribution is 2.17. The third kappa shape index (κ3) is 4.42. The van der Waals surface area contributed by atoms with Crippen molar-refractivity contribution in [2.75, 3.05) is 26.2 Å². The summed E-state index contributed by atoms with van der Waals surface area (Å²) in [5.41, 5.74) is 0.351. The Balaban J connectivity index is 1.94. The van der Waals surface area contributed by atoms with Crippen molar-refractivity contribution in [3.05, 3.63) is 33.2 Å². The lowest BCUT2D eigenvalue weighted by Crippen LogP contribution is -2.33. The smallest absolute Gasteiger partial charge is 0.266 e. The number of aromatic nitrogens is 1. The summed E-state index contributed by atoms with van der Waals surface area (Å²) < 4.78 is 0. The van der Waals surface area contributed by atoms with Gasteiger partial charge in [-0.25, -0.2) is 0 Å². The van der Waals surface area contributed by atoms with E-state index in [1.807, 2.05) is 6.07 Å². The number of nitrogens with zero attached hydrogens (tertiary/aromatic N) is 2. The summed E-state index contributed by atoms with van der Waals surface area (Å²) in [6.07, 6.45) is 1.08. The largest absolute Gasteiger partial charge is 0.352 e. The molecule has 0 spiro atoms. The molecule has 6 nitrogen and oxygen atoms in total. The Labute approximate surface area is 136 Å². The summed E-state index contributed by atoms with van der Waals surface area (Å²) in [4.78, 5) is 28.8. The zero-order valence-corrected chi connectivity index (χ0v) is 14.0. The highest BCUT2D eigenvalue weighted by Gasteiger charge is 2.23. The van der Waals surface area contributed by atoms with Crippen LogP contribution in [0.2, 0.25) is 0 Å². The molecule has 6 heteroatoms. The maximum Gasteiger partial charge on any atom is 0.266 e. The number of pyridine rings is 1. The van der Waals surface area contributed by atoms with Crippen LogP contribution in [0, 0.1) is 30.1 Å². The van der Waals surface area contributed by atoms with Gasteiger partial charge in [0.1, 0.15) is 11.6 Å². The number of amides is 1. The first-order chi connectivity index (χ1) is 10.9. The molecule has 0 aliphatic carbocycles. The van der Waals surface area contributed by atoms with Crippen molar-refractivity contribution in [1.29, 1.82) is 5.26 Å². The topological polar surface area (TPSA) is 89.0 Å². The van der Waals surface area contributed by atoms with Crippen LogP contribution in [0.25, 0.3) is 0 Å². The number of carbonyl (C=O) groups is 1. The molecule has 124 valence electrons. The van der Waals surface area contributed by atoms with E-state index in [0.717, 1.165) is 26.1 Å². The fourth-order valence-electron chi connectivity index (χ4n) is 3.04. The van der Waals surface area contributed by atoms with Gasteiger partial charge in [-0.2, -0.15) is 5.26 Å². The Hall–Kier alpha value is -2.13. The summed E-state index contributed by atoms with van der Waals surface area (Å²) in [7, 11) is 0. The second kappa shape index (κ2) is 7.42. The molecule has 1 aliphatic rings. The van der Waals surface area contributed by atoms with Gasteiger partial charge in [-0.05, 0) is 37.8 Å². The number of rotatable bonds is 5. The Morgan fingerprint density at radius 3 is 2.96 bits per heavy atom. The number of likely N-dealkylation sites (tertiary alicyclic amines) is 1. The summed E-state index contributed by atoms with van der Waals surface area (Å²) in [6, 6.07) is 3.17. The monoisotopic (exact) mass is 316 g/mol. The molecule has 23 heavy (non-hydrogen) atoms. The maximum absolute atomic E-state index is 12.3. The van der Waals surface area contributed by atoms with Crippen molar-refractivity contribution >= 4 is 5.91 Å². The highest BCUT2D eigenvalue weighted by molar-refractivity contribution is 5.95. The molecule has 0 saturated carbocycles. The number of aryl methyl sites for hydroxylation is 1. The summed E-state index contributed by atoms with van der Waals surface area (Å²) >= 11 is 0. The lowest BCUT2D eigenvalue weighted by Gasteiger charge is -2.18. The van der Waals surface area contributed by atoms with Crippen LogP contribution in [0.3, 0.4) is 0 Å². The number of nitriles is 1. The number of aromatic amines is 1. The second-order valence-electron chi connectivity index (χ2n) is 6.68. The van der Waals surface area contributed by atoms with Crippen LogP contribution in [0.5, 0.6) is 0 Å². The first-order valence-electron chi connectivity index (χ1n) is 8.05. The van der Waals surface area contributed by atoms with Crippen LogP contribution in [-0.4, -0.2) is 42.0 Å². The van der Waals surface area contributed by atoms with Gasteiger partial charge in [0.15, 0.2) is 0 Å². The van der Waals surface area contributed by atoms with Crippen molar-refractivity contribution in [1.82, 2.24) is 15.2 Å². The Kier molecular flexibility index (Phi) is 5.56. The van der Waals surface area contributed by atoms with Crippen LogP contribution >= 0.6 is 0 Å². The van der Waals surface area contributed by atoms with E-state index in [1.165, 1.54) is 6.07 Å². The first-order valence-corrected chi connectivity index (χ1v) is 8.05. The van der Waals surface area contributed by atoms with Crippen LogP contribution in [0.15, 0.2) is 10.9 Å². The standard InChI is InChI=1S/C17H24N4O2/c1-11(2)9-21-5-4-13(10-21)8-19-17(23)15-6-14(7-18)16(22)20-12(15)3/h6,11,13H,4-5,8-10H2,1-3H3,(H,19,23)(H,20,22)/t13-/m0/s1. The Bertz CT molecular complexity index is 672. The zero-order valence-electron chi connectivity index (χ0n) is 14.0. The Morgan fingerprint density at radius 2 is 2.30 bits per heavy atom. The molecule has 2 N–H and O–H groups in total. The van der Waals surface area contributed by atoms with Crippen molar-refractivity contribution in [2.45, 2.75) is 27.2 Å². The van der Waals surface area contributed by atoms with Crippen molar-refractivity contribution < 1.29 is 4.79 Å². The summed E-state index contributed by atoms with van der Waals surface area (Å²) in [5, 5.41) is 11.8. The molecule has 2 rings (SSSR count). The van der Waals surface area contributed by atoms with Gasteiger partial charge in [-0.15, -0.1) is 0 Å². The number of hydrogen-bond acceptors (Lipinski definition) is 4. The maximum atomic E-state index is 12.3. The van der Waals surface area contributed by atoms with Crippen molar-refractivity contribution in [2.24, 2.45) is 11.8 Å². The quantitative estimate of drug-likeness (QED) is 0.856. The molecule has 1 atom stereocenters. The van der Waals surface area contributed by atoms with Crippen LogP contribution in [0.4, 0.5) is 0 Å². The van der Waals surface area contributed by atoms with Gasteiger partial charge >= 0.3 is 0 Å². The highest BCUT2D eigenvalue weighted by atomic mass is 16.1. The van der Waals surface area contributed by atoms with E-state index in [-0.39, 0.29) is 11.5 Å². The number of hydrogen-bond donors (Lipinski definition) is 2. The molecule has 1 saturated heterocycles. The molecule has 1 aliphatic heterocycles. The van der Waals surface area contributed by atoms with Gasteiger partial charge in [0, 0.05) is 25.3 Å². The molecule has 0 radical (unpaired) electrons. The van der Waals surface area contributed by atoms with E-state index >= 15 is 0 Å². The molecular formula is C17H24N4O2. The van der Waals surface area contributed by atoms with Crippen molar-refractivity contribution in [3.8, 4) is 6.07 Å². The van der Waals surface area contributed by atoms with Gasteiger partial charge in [0.25, 0.3) is 11.5 Å². The van der Waals surface area contributed by atoms with Gasteiger partial charge in [-0.1, -0.05) is 13.8 Å². The fraction of sp³-hybridized carbons (Fsp3) is 0.588. The van der Waals surface area contributed by atoms with Gasteiger partial charge < -0.3 is 15.2 Å². The minimum absolute atomic E-state index is 0.0373. The average Bonchev–Trinajstić information content (AvgIpc) is 2.91. The molecule has 1 aromatic rings.